The van der Waals surface area contributed by atoms with E-state index < -0.39 is 11.7 Å². The lowest BCUT2D eigenvalue weighted by Crippen LogP contribution is -2.48. The number of para-hydroxylation sites is 2. The van der Waals surface area contributed by atoms with Crippen LogP contribution in [-0.4, -0.2) is 54.5 Å². The second-order valence-electron chi connectivity index (χ2n) is 8.76. The molecule has 1 atom stereocenters. The molecule has 5 rings (SSSR count). The Balaban J connectivity index is 1.36. The molecular formula is C27H27FN2O4S. The van der Waals surface area contributed by atoms with Crippen LogP contribution in [0.3, 0.4) is 0 Å². The van der Waals surface area contributed by atoms with Crippen molar-refractivity contribution in [2.45, 2.75) is 31.3 Å². The van der Waals surface area contributed by atoms with E-state index in [1.165, 1.54) is 21.9 Å². The van der Waals surface area contributed by atoms with E-state index in [0.29, 0.717) is 18.0 Å². The summed E-state index contributed by atoms with van der Waals surface area (Å²) in [5.74, 6) is 0.0712. The standard InChI is InChI=1S/C27H27FN2O4S/c1-33-23-8-4-5-9-24(23)34-17-22-20-13-15-35-25(20)12-14-29(22)26(31)16-30(18-10-11-18)27(32)19-6-2-3-7-21(19)28/h2-9,13,15,18,22H,10-12,14,16-17H2,1H3/t22-/m1/s1. The minimum atomic E-state index is -0.570. The number of rotatable bonds is 8. The van der Waals surface area contributed by atoms with Crippen molar-refractivity contribution in [3.05, 3.63) is 81.8 Å². The first-order valence-electron chi connectivity index (χ1n) is 11.7. The zero-order chi connectivity index (χ0) is 24.4. The summed E-state index contributed by atoms with van der Waals surface area (Å²) in [6.07, 6.45) is 2.40. The van der Waals surface area contributed by atoms with Gasteiger partial charge in [0.1, 0.15) is 19.0 Å². The fourth-order valence-electron chi connectivity index (χ4n) is 4.56. The monoisotopic (exact) mass is 494 g/mol. The molecule has 6 nitrogen and oxygen atoms in total. The summed E-state index contributed by atoms with van der Waals surface area (Å²) in [5, 5.41) is 2.03. The Morgan fingerprint density at radius 2 is 1.83 bits per heavy atom. The van der Waals surface area contributed by atoms with E-state index in [2.05, 4.69) is 0 Å². The molecule has 0 N–H and O–H groups in total. The van der Waals surface area contributed by atoms with E-state index in [4.69, 9.17) is 9.47 Å². The minimum Gasteiger partial charge on any atom is -0.493 e. The van der Waals surface area contributed by atoms with Crippen molar-refractivity contribution < 1.29 is 23.5 Å². The van der Waals surface area contributed by atoms with Crippen LogP contribution in [0.25, 0.3) is 0 Å². The van der Waals surface area contributed by atoms with Gasteiger partial charge in [-0.1, -0.05) is 24.3 Å². The van der Waals surface area contributed by atoms with Gasteiger partial charge in [0.2, 0.25) is 5.91 Å². The van der Waals surface area contributed by atoms with E-state index >= 15 is 0 Å². The third-order valence-electron chi connectivity index (χ3n) is 6.54. The lowest BCUT2D eigenvalue weighted by atomic mass is 10.00. The van der Waals surface area contributed by atoms with Crippen LogP contribution in [0.2, 0.25) is 0 Å². The molecule has 0 radical (unpaired) electrons. The second-order valence-corrected chi connectivity index (χ2v) is 9.76. The Kier molecular flexibility index (Phi) is 6.72. The van der Waals surface area contributed by atoms with Crippen LogP contribution in [-0.2, 0) is 11.2 Å². The van der Waals surface area contributed by atoms with E-state index in [1.54, 1.807) is 35.5 Å². The molecule has 182 valence electrons. The number of methoxy groups -OCH3 is 1. The third kappa shape index (κ3) is 4.89. The fraction of sp³-hybridized carbons (Fsp3) is 0.333. The average molecular weight is 495 g/mol. The van der Waals surface area contributed by atoms with Gasteiger partial charge in [-0.3, -0.25) is 9.59 Å². The third-order valence-corrected chi connectivity index (χ3v) is 7.54. The van der Waals surface area contributed by atoms with Crippen molar-refractivity contribution in [3.8, 4) is 11.5 Å². The lowest BCUT2D eigenvalue weighted by Gasteiger charge is -2.37. The first-order chi connectivity index (χ1) is 17.1. The smallest absolute Gasteiger partial charge is 0.257 e. The predicted octanol–water partition coefficient (Wildman–Crippen LogP) is 4.71. The number of hydrogen-bond donors (Lipinski definition) is 0. The summed E-state index contributed by atoms with van der Waals surface area (Å²) in [6.45, 7) is 0.724. The molecule has 3 aromatic rings. The number of hydrogen-bond acceptors (Lipinski definition) is 5. The summed E-state index contributed by atoms with van der Waals surface area (Å²) in [6, 6.07) is 15.1. The van der Waals surface area contributed by atoms with Gasteiger partial charge in [0, 0.05) is 17.5 Å². The van der Waals surface area contributed by atoms with Crippen molar-refractivity contribution in [1.82, 2.24) is 9.80 Å². The molecule has 1 aliphatic heterocycles. The van der Waals surface area contributed by atoms with Gasteiger partial charge in [0.15, 0.2) is 11.5 Å². The molecule has 8 heteroatoms. The zero-order valence-electron chi connectivity index (χ0n) is 19.5. The lowest BCUT2D eigenvalue weighted by molar-refractivity contribution is -0.135. The Bertz CT molecular complexity index is 1230. The van der Waals surface area contributed by atoms with Crippen LogP contribution in [0.5, 0.6) is 11.5 Å². The topological polar surface area (TPSA) is 59.1 Å². The molecule has 1 saturated carbocycles. The van der Waals surface area contributed by atoms with Crippen molar-refractivity contribution in [1.29, 1.82) is 0 Å². The first kappa shape index (κ1) is 23.4. The van der Waals surface area contributed by atoms with Crippen molar-refractivity contribution >= 4 is 23.2 Å². The molecule has 1 aromatic heterocycles. The van der Waals surface area contributed by atoms with Crippen LogP contribution >= 0.6 is 11.3 Å². The number of nitrogens with zero attached hydrogens (tertiary/aromatic N) is 2. The summed E-state index contributed by atoms with van der Waals surface area (Å²) < 4.78 is 25.8. The van der Waals surface area contributed by atoms with Gasteiger partial charge in [-0.25, -0.2) is 4.39 Å². The molecule has 2 heterocycles. The fourth-order valence-corrected chi connectivity index (χ4v) is 5.49. The molecule has 2 aliphatic rings. The summed E-state index contributed by atoms with van der Waals surface area (Å²) in [7, 11) is 1.59. The molecule has 0 saturated heterocycles. The van der Waals surface area contributed by atoms with Gasteiger partial charge in [-0.15, -0.1) is 11.3 Å². The normalized spacial score (nSPS) is 17.0. The van der Waals surface area contributed by atoms with Crippen LogP contribution < -0.4 is 9.47 Å². The van der Waals surface area contributed by atoms with E-state index in [-0.39, 0.29) is 36.7 Å². The summed E-state index contributed by atoms with van der Waals surface area (Å²) >= 11 is 1.68. The predicted molar refractivity (Wildman–Crippen MR) is 131 cm³/mol. The number of fused-ring (bicyclic) bond motifs is 1. The van der Waals surface area contributed by atoms with Gasteiger partial charge in [-0.05, 0) is 60.5 Å². The minimum absolute atomic E-state index is 0.00187. The maximum Gasteiger partial charge on any atom is 0.257 e. The number of thiophene rings is 1. The zero-order valence-corrected chi connectivity index (χ0v) is 20.3. The molecule has 0 unspecified atom stereocenters. The SMILES string of the molecule is COc1ccccc1OC[C@@H]1c2ccsc2CCN1C(=O)CN(C(=O)c1ccccc1F)C1CC1. The van der Waals surface area contributed by atoms with Gasteiger partial charge in [0.25, 0.3) is 5.91 Å². The van der Waals surface area contributed by atoms with Crippen LogP contribution in [0.15, 0.2) is 60.0 Å². The number of carbonyl (C=O) groups excluding carboxylic acids is 2. The first-order valence-corrected chi connectivity index (χ1v) is 12.6. The Morgan fingerprint density at radius 1 is 1.09 bits per heavy atom. The molecular weight excluding hydrogens is 467 g/mol. The highest BCUT2D eigenvalue weighted by molar-refractivity contribution is 7.10. The molecule has 35 heavy (non-hydrogen) atoms. The van der Waals surface area contributed by atoms with Crippen LogP contribution in [0.1, 0.15) is 39.7 Å². The van der Waals surface area contributed by atoms with Crippen LogP contribution in [0, 0.1) is 5.82 Å². The van der Waals surface area contributed by atoms with Gasteiger partial charge in [-0.2, -0.15) is 0 Å². The van der Waals surface area contributed by atoms with Crippen molar-refractivity contribution in [2.24, 2.45) is 0 Å². The molecule has 1 aliphatic carbocycles. The van der Waals surface area contributed by atoms with Gasteiger partial charge < -0.3 is 19.3 Å². The van der Waals surface area contributed by atoms with Crippen molar-refractivity contribution in [3.63, 3.8) is 0 Å². The number of benzene rings is 2. The molecule has 0 bridgehead atoms. The van der Waals surface area contributed by atoms with E-state index in [1.807, 2.05) is 35.7 Å². The molecule has 0 spiro atoms. The summed E-state index contributed by atoms with van der Waals surface area (Å²) in [4.78, 5) is 31.3. The van der Waals surface area contributed by atoms with Crippen LogP contribution in [0.4, 0.5) is 4.39 Å². The Hall–Kier alpha value is -3.39. The van der Waals surface area contributed by atoms with Crippen molar-refractivity contribution in [2.75, 3.05) is 26.8 Å². The average Bonchev–Trinajstić information content (AvgIpc) is 3.61. The highest BCUT2D eigenvalue weighted by Gasteiger charge is 2.38. The number of carbonyl (C=O) groups is 2. The largest absolute Gasteiger partial charge is 0.493 e. The number of ether oxygens (including phenoxy) is 2. The second kappa shape index (κ2) is 10.1. The highest BCUT2D eigenvalue weighted by Crippen LogP contribution is 2.36. The van der Waals surface area contributed by atoms with E-state index in [9.17, 15) is 14.0 Å². The molecule has 2 amide bonds. The maximum atomic E-state index is 14.3. The van der Waals surface area contributed by atoms with E-state index in [0.717, 1.165) is 24.8 Å². The van der Waals surface area contributed by atoms with Gasteiger partial charge in [0.05, 0.1) is 18.7 Å². The molecule has 1 fully saturated rings. The van der Waals surface area contributed by atoms with Gasteiger partial charge >= 0.3 is 0 Å². The quantitative estimate of drug-likeness (QED) is 0.455. The maximum absolute atomic E-state index is 14.3. The summed E-state index contributed by atoms with van der Waals surface area (Å²) in [5.41, 5.74) is 1.07. The highest BCUT2D eigenvalue weighted by atomic mass is 32.1. The Labute approximate surface area is 207 Å². The molecule has 2 aromatic carbocycles. The Morgan fingerprint density at radius 3 is 2.57 bits per heavy atom. The number of amides is 2. The number of halogens is 1.